The number of rotatable bonds is 8. The predicted molar refractivity (Wildman–Crippen MR) is 125 cm³/mol. The minimum Gasteiger partial charge on any atom is -0.326 e. The first-order chi connectivity index (χ1) is 15.6. The number of carbonyl (C=O) groups is 2. The normalized spacial score (nSPS) is 10.8. The Balaban J connectivity index is 1.38. The van der Waals surface area contributed by atoms with Crippen molar-refractivity contribution in [3.63, 3.8) is 0 Å². The lowest BCUT2D eigenvalue weighted by atomic mass is 10.2. The highest BCUT2D eigenvalue weighted by molar-refractivity contribution is 5.92. The van der Waals surface area contributed by atoms with Crippen LogP contribution in [0, 0.1) is 0 Å². The van der Waals surface area contributed by atoms with Crippen LogP contribution < -0.4 is 10.6 Å². The molecule has 0 saturated heterocycles. The molecule has 7 nitrogen and oxygen atoms in total. The molecular weight excluding hydrogens is 402 g/mol. The molecule has 162 valence electrons. The first-order valence-corrected chi connectivity index (χ1v) is 10.6. The Hall–Kier alpha value is -4.00. The van der Waals surface area contributed by atoms with Crippen molar-refractivity contribution in [1.82, 2.24) is 14.5 Å². The van der Waals surface area contributed by atoms with Crippen molar-refractivity contribution in [3.8, 4) is 0 Å². The van der Waals surface area contributed by atoms with Gasteiger partial charge in [0.1, 0.15) is 11.3 Å². The minimum absolute atomic E-state index is 0.0545. The average molecular weight is 428 g/mol. The third kappa shape index (κ3) is 5.37. The molecule has 0 spiro atoms. The van der Waals surface area contributed by atoms with Gasteiger partial charge in [0.25, 0.3) is 0 Å². The maximum absolute atomic E-state index is 12.4. The first-order valence-electron chi connectivity index (χ1n) is 10.6. The molecule has 0 unspecified atom stereocenters. The molecule has 0 aliphatic rings. The summed E-state index contributed by atoms with van der Waals surface area (Å²) in [6, 6.07) is 21.1. The third-order valence-electron chi connectivity index (χ3n) is 5.06. The summed E-state index contributed by atoms with van der Waals surface area (Å²) in [6.45, 7) is 2.15. The van der Waals surface area contributed by atoms with Gasteiger partial charge in [0.05, 0.1) is 6.54 Å². The lowest BCUT2D eigenvalue weighted by Crippen LogP contribution is -2.13. The summed E-state index contributed by atoms with van der Waals surface area (Å²) in [5, 5.41) is 5.60. The van der Waals surface area contributed by atoms with E-state index in [1.807, 2.05) is 30.3 Å². The molecule has 0 radical (unpaired) electrons. The number of aryl methyl sites for hydroxylation is 1. The van der Waals surface area contributed by atoms with Gasteiger partial charge in [0, 0.05) is 37.3 Å². The van der Waals surface area contributed by atoms with E-state index in [0.717, 1.165) is 17.0 Å². The number of pyridine rings is 1. The van der Waals surface area contributed by atoms with Crippen LogP contribution in [0.25, 0.3) is 11.2 Å². The molecule has 0 saturated carbocycles. The van der Waals surface area contributed by atoms with Gasteiger partial charge in [-0.15, -0.1) is 0 Å². The van der Waals surface area contributed by atoms with Gasteiger partial charge in [-0.25, -0.2) is 9.97 Å². The number of imidazole rings is 1. The Bertz CT molecular complexity index is 1220. The van der Waals surface area contributed by atoms with Gasteiger partial charge in [-0.2, -0.15) is 0 Å². The van der Waals surface area contributed by atoms with Gasteiger partial charge < -0.3 is 15.2 Å². The molecule has 0 fully saturated rings. The standard InChI is InChI=1S/C25H25N5O2/c1-18(31)27-20-12-14-21(15-13-20)28-24(32)11-5-10-23-29-22-9-6-16-26-25(22)30(23)17-19-7-3-2-4-8-19/h2-4,6-9,12-16H,5,10-11,17H2,1H3,(H,27,31)(H,28,32). The van der Waals surface area contributed by atoms with Crippen molar-refractivity contribution in [2.45, 2.75) is 32.7 Å². The van der Waals surface area contributed by atoms with Crippen LogP contribution in [0.1, 0.15) is 31.2 Å². The molecule has 0 aliphatic heterocycles. The van der Waals surface area contributed by atoms with E-state index in [2.05, 4.69) is 32.3 Å². The number of nitrogens with one attached hydrogen (secondary N) is 2. The highest BCUT2D eigenvalue weighted by Gasteiger charge is 2.13. The zero-order chi connectivity index (χ0) is 22.3. The summed E-state index contributed by atoms with van der Waals surface area (Å²) in [7, 11) is 0. The van der Waals surface area contributed by atoms with Crippen LogP contribution >= 0.6 is 0 Å². The SMILES string of the molecule is CC(=O)Nc1ccc(NC(=O)CCCc2nc3cccnc3n2Cc2ccccc2)cc1. The van der Waals surface area contributed by atoms with Gasteiger partial charge in [-0.1, -0.05) is 30.3 Å². The van der Waals surface area contributed by atoms with Crippen molar-refractivity contribution >= 4 is 34.4 Å². The fourth-order valence-corrected chi connectivity index (χ4v) is 3.60. The molecule has 32 heavy (non-hydrogen) atoms. The number of nitrogens with zero attached hydrogens (tertiary/aromatic N) is 3. The highest BCUT2D eigenvalue weighted by atomic mass is 16.2. The van der Waals surface area contributed by atoms with Crippen molar-refractivity contribution in [3.05, 3.63) is 84.3 Å². The predicted octanol–water partition coefficient (Wildman–Crippen LogP) is 4.40. The van der Waals surface area contributed by atoms with E-state index in [9.17, 15) is 9.59 Å². The molecule has 2 aromatic carbocycles. The molecule has 0 atom stereocenters. The molecular formula is C25H25N5O2. The number of carbonyl (C=O) groups excluding carboxylic acids is 2. The lowest BCUT2D eigenvalue weighted by Gasteiger charge is -2.09. The highest BCUT2D eigenvalue weighted by Crippen LogP contribution is 2.18. The summed E-state index contributed by atoms with van der Waals surface area (Å²) in [6.07, 6.45) is 3.52. The second-order valence-corrected chi connectivity index (χ2v) is 7.61. The van der Waals surface area contributed by atoms with Crippen molar-refractivity contribution in [2.75, 3.05) is 10.6 Å². The number of amides is 2. The molecule has 0 aliphatic carbocycles. The summed E-state index contributed by atoms with van der Waals surface area (Å²) in [5.41, 5.74) is 4.29. The molecule has 7 heteroatoms. The van der Waals surface area contributed by atoms with E-state index in [1.165, 1.54) is 12.5 Å². The summed E-state index contributed by atoms with van der Waals surface area (Å²) < 4.78 is 2.13. The van der Waals surface area contributed by atoms with Gasteiger partial charge >= 0.3 is 0 Å². The molecule has 4 rings (SSSR count). The maximum Gasteiger partial charge on any atom is 0.224 e. The van der Waals surface area contributed by atoms with Crippen LogP contribution in [0.5, 0.6) is 0 Å². The first kappa shape index (κ1) is 21.2. The van der Waals surface area contributed by atoms with Gasteiger partial charge in [0.15, 0.2) is 5.65 Å². The number of anilines is 2. The quantitative estimate of drug-likeness (QED) is 0.436. The number of fused-ring (bicyclic) bond motifs is 1. The van der Waals surface area contributed by atoms with E-state index in [-0.39, 0.29) is 11.8 Å². The van der Waals surface area contributed by atoms with E-state index >= 15 is 0 Å². The summed E-state index contributed by atoms with van der Waals surface area (Å²) in [5.74, 6) is 0.742. The minimum atomic E-state index is -0.129. The molecule has 4 aromatic rings. The summed E-state index contributed by atoms with van der Waals surface area (Å²) in [4.78, 5) is 32.8. The van der Waals surface area contributed by atoms with Crippen LogP contribution in [-0.2, 0) is 22.6 Å². The van der Waals surface area contributed by atoms with Crippen LogP contribution in [0.4, 0.5) is 11.4 Å². The number of hydrogen-bond acceptors (Lipinski definition) is 4. The molecule has 2 aromatic heterocycles. The van der Waals surface area contributed by atoms with Crippen LogP contribution in [-0.4, -0.2) is 26.3 Å². The number of hydrogen-bond donors (Lipinski definition) is 2. The average Bonchev–Trinajstić information content (AvgIpc) is 3.13. The smallest absolute Gasteiger partial charge is 0.224 e. The summed E-state index contributed by atoms with van der Waals surface area (Å²) >= 11 is 0. The topological polar surface area (TPSA) is 88.9 Å². The van der Waals surface area contributed by atoms with Crippen molar-refractivity contribution in [1.29, 1.82) is 0 Å². The second-order valence-electron chi connectivity index (χ2n) is 7.61. The Labute approximate surface area is 186 Å². The molecule has 0 bridgehead atoms. The number of benzene rings is 2. The molecule has 2 N–H and O–H groups in total. The van der Waals surface area contributed by atoms with Crippen molar-refractivity contribution < 1.29 is 9.59 Å². The Morgan fingerprint density at radius 1 is 0.906 bits per heavy atom. The fourth-order valence-electron chi connectivity index (χ4n) is 3.60. The lowest BCUT2D eigenvalue weighted by molar-refractivity contribution is -0.116. The van der Waals surface area contributed by atoms with Crippen molar-refractivity contribution in [2.24, 2.45) is 0 Å². The zero-order valence-electron chi connectivity index (χ0n) is 17.9. The third-order valence-corrected chi connectivity index (χ3v) is 5.06. The van der Waals surface area contributed by atoms with E-state index < -0.39 is 0 Å². The fraction of sp³-hybridized carbons (Fsp3) is 0.200. The Kier molecular flexibility index (Phi) is 6.55. The van der Waals surface area contributed by atoms with Gasteiger partial charge in [-0.3, -0.25) is 9.59 Å². The van der Waals surface area contributed by atoms with Crippen LogP contribution in [0.3, 0.4) is 0 Å². The zero-order valence-corrected chi connectivity index (χ0v) is 17.9. The van der Waals surface area contributed by atoms with E-state index in [1.54, 1.807) is 30.5 Å². The van der Waals surface area contributed by atoms with E-state index in [0.29, 0.717) is 37.2 Å². The van der Waals surface area contributed by atoms with E-state index in [4.69, 9.17) is 4.98 Å². The Morgan fingerprint density at radius 3 is 2.34 bits per heavy atom. The second kappa shape index (κ2) is 9.87. The maximum atomic E-state index is 12.4. The largest absolute Gasteiger partial charge is 0.326 e. The molecule has 2 amide bonds. The van der Waals surface area contributed by atoms with Crippen LogP contribution in [0.2, 0.25) is 0 Å². The monoisotopic (exact) mass is 427 g/mol. The Morgan fingerprint density at radius 2 is 1.62 bits per heavy atom. The molecule has 2 heterocycles. The van der Waals surface area contributed by atoms with Crippen LogP contribution in [0.15, 0.2) is 72.9 Å². The van der Waals surface area contributed by atoms with Gasteiger partial charge in [0.2, 0.25) is 11.8 Å². The van der Waals surface area contributed by atoms with Gasteiger partial charge in [-0.05, 0) is 48.4 Å². The number of aromatic nitrogens is 3.